The maximum absolute atomic E-state index is 13.3. The molecule has 1 N–H and O–H groups in total. The summed E-state index contributed by atoms with van der Waals surface area (Å²) >= 11 is 0. The Hall–Kier alpha value is -3.89. The van der Waals surface area contributed by atoms with Crippen molar-refractivity contribution in [3.8, 4) is 6.01 Å². The van der Waals surface area contributed by atoms with Crippen LogP contribution in [0.15, 0.2) is 18.2 Å². The molecule has 0 bridgehead atoms. The van der Waals surface area contributed by atoms with Crippen LogP contribution in [0.25, 0.3) is 0 Å². The van der Waals surface area contributed by atoms with Gasteiger partial charge < -0.3 is 24.6 Å². The molecule has 0 unspecified atom stereocenters. The van der Waals surface area contributed by atoms with Crippen molar-refractivity contribution in [3.05, 3.63) is 50.7 Å². The van der Waals surface area contributed by atoms with Gasteiger partial charge in [-0.2, -0.15) is 23.1 Å². The number of nitro benzene ring substituents is 1. The van der Waals surface area contributed by atoms with Gasteiger partial charge in [0.15, 0.2) is 0 Å². The van der Waals surface area contributed by atoms with Crippen LogP contribution in [0.1, 0.15) is 35.3 Å². The number of morpholine rings is 1. The van der Waals surface area contributed by atoms with E-state index < -0.39 is 46.8 Å². The molecule has 17 heteroatoms. The second kappa shape index (κ2) is 10.1. The molecule has 1 fully saturated rings. The predicted octanol–water partition coefficient (Wildman–Crippen LogP) is 4.24. The van der Waals surface area contributed by atoms with E-state index in [1.807, 2.05) is 0 Å². The summed E-state index contributed by atoms with van der Waals surface area (Å²) in [6, 6.07) is -0.594. The normalized spacial score (nSPS) is 16.7. The van der Waals surface area contributed by atoms with Crippen LogP contribution in [-0.2, 0) is 24.0 Å². The van der Waals surface area contributed by atoms with Gasteiger partial charge in [0.05, 0.1) is 48.5 Å². The number of nitro groups is 1. The molecule has 206 valence electrons. The molecule has 1 atom stereocenters. The van der Waals surface area contributed by atoms with E-state index in [4.69, 9.17) is 4.74 Å². The van der Waals surface area contributed by atoms with Crippen molar-refractivity contribution in [1.29, 1.82) is 0 Å². The van der Waals surface area contributed by atoms with E-state index in [1.165, 1.54) is 16.7 Å². The summed E-state index contributed by atoms with van der Waals surface area (Å²) in [6.45, 7) is 2.36. The van der Waals surface area contributed by atoms with Crippen molar-refractivity contribution in [2.45, 2.75) is 38.6 Å². The Morgan fingerprint density at radius 1 is 1.11 bits per heavy atom. The molecule has 0 spiro atoms. The monoisotopic (exact) mass is 550 g/mol. The van der Waals surface area contributed by atoms with Crippen molar-refractivity contribution in [3.63, 3.8) is 0 Å². The van der Waals surface area contributed by atoms with Crippen molar-refractivity contribution in [2.75, 3.05) is 31.6 Å². The van der Waals surface area contributed by atoms with Gasteiger partial charge in [-0.15, -0.1) is 13.2 Å². The van der Waals surface area contributed by atoms with Gasteiger partial charge in [0, 0.05) is 30.8 Å². The number of nitrogens with zero attached hydrogens (tertiary/aromatic N) is 5. The first kappa shape index (κ1) is 27.2. The summed E-state index contributed by atoms with van der Waals surface area (Å²) in [4.78, 5) is 33.5. The van der Waals surface area contributed by atoms with Crippen LogP contribution >= 0.6 is 0 Å². The molecule has 3 heterocycles. The number of hydrogen-bond acceptors (Lipinski definition) is 8. The number of urea groups is 1. The third-order valence-electron chi connectivity index (χ3n) is 5.85. The third kappa shape index (κ3) is 6.15. The highest BCUT2D eigenvalue weighted by Crippen LogP contribution is 2.36. The smallest absolute Gasteiger partial charge is 0.378 e. The average molecular weight is 550 g/mol. The van der Waals surface area contributed by atoms with E-state index >= 15 is 0 Å². The Morgan fingerprint density at radius 3 is 2.39 bits per heavy atom. The predicted molar refractivity (Wildman–Crippen MR) is 116 cm³/mol. The van der Waals surface area contributed by atoms with Gasteiger partial charge in [0.1, 0.15) is 5.82 Å². The van der Waals surface area contributed by atoms with Crippen LogP contribution in [0.3, 0.4) is 0 Å². The zero-order chi connectivity index (χ0) is 27.8. The van der Waals surface area contributed by atoms with Crippen molar-refractivity contribution < 1.29 is 45.5 Å². The summed E-state index contributed by atoms with van der Waals surface area (Å²) in [6.07, 6.45) is -10.0. The maximum atomic E-state index is 13.3. The second-order valence-electron chi connectivity index (χ2n) is 8.50. The zero-order valence-corrected chi connectivity index (χ0v) is 19.6. The van der Waals surface area contributed by atoms with E-state index in [0.29, 0.717) is 38.4 Å². The minimum absolute atomic E-state index is 0.0468. The van der Waals surface area contributed by atoms with Gasteiger partial charge in [-0.25, -0.2) is 4.79 Å². The molecule has 38 heavy (non-hydrogen) atoms. The minimum atomic E-state index is -5.14. The van der Waals surface area contributed by atoms with Crippen LogP contribution in [-0.4, -0.2) is 63.4 Å². The Morgan fingerprint density at radius 2 is 1.79 bits per heavy atom. The maximum Gasteiger partial charge on any atom is 0.575 e. The van der Waals surface area contributed by atoms with E-state index in [-0.39, 0.29) is 35.7 Å². The van der Waals surface area contributed by atoms with E-state index in [0.717, 1.165) is 6.07 Å². The van der Waals surface area contributed by atoms with Gasteiger partial charge in [-0.3, -0.25) is 10.1 Å². The van der Waals surface area contributed by atoms with Gasteiger partial charge in [-0.1, -0.05) is 0 Å². The van der Waals surface area contributed by atoms with Crippen molar-refractivity contribution >= 4 is 17.5 Å². The molecule has 1 saturated heterocycles. The highest BCUT2D eigenvalue weighted by atomic mass is 19.4. The van der Waals surface area contributed by atoms with Crippen LogP contribution in [0.2, 0.25) is 0 Å². The highest BCUT2D eigenvalue weighted by molar-refractivity contribution is 5.76. The van der Waals surface area contributed by atoms with E-state index in [1.54, 1.807) is 0 Å². The lowest BCUT2D eigenvalue weighted by molar-refractivity contribution is -0.385. The summed E-state index contributed by atoms with van der Waals surface area (Å²) < 4.78 is 87.7. The van der Waals surface area contributed by atoms with Crippen LogP contribution in [0.4, 0.5) is 42.6 Å². The number of carbonyl (C=O) groups excluding carboxylic acids is 1. The number of nitrogens with one attached hydrogen (secondary N) is 1. The average Bonchev–Trinajstić information content (AvgIpc) is 3.26. The molecule has 2 aliphatic heterocycles. The molecule has 1 aromatic carbocycles. The number of aromatic nitrogens is 2. The number of amides is 2. The number of carbonyl (C=O) groups is 1. The Kier molecular flexibility index (Phi) is 7.22. The molecule has 4 rings (SSSR count). The highest BCUT2D eigenvalue weighted by Gasteiger charge is 2.37. The molecule has 1 aromatic heterocycles. The summed E-state index contributed by atoms with van der Waals surface area (Å²) in [5.74, 6) is -0.223. The molecule has 11 nitrogen and oxygen atoms in total. The Balaban J connectivity index is 1.66. The lowest BCUT2D eigenvalue weighted by Crippen LogP contribution is -2.46. The largest absolute Gasteiger partial charge is 0.575 e. The quantitative estimate of drug-likeness (QED) is 0.333. The van der Waals surface area contributed by atoms with Gasteiger partial charge >= 0.3 is 24.6 Å². The number of alkyl halides is 6. The zero-order valence-electron chi connectivity index (χ0n) is 19.6. The summed E-state index contributed by atoms with van der Waals surface area (Å²) in [7, 11) is 0. The fourth-order valence-corrected chi connectivity index (χ4v) is 4.03. The topological polar surface area (TPSA) is 123 Å². The SMILES string of the molecule is C[C@@H](Nc1nc(OC(F)(F)F)nc2c1CN(C(=O)N1CCOCC1)C2)c1cc([N+](=O)[O-])cc(C(F)(F)F)c1. The number of benzene rings is 1. The van der Waals surface area contributed by atoms with Gasteiger partial charge in [0.25, 0.3) is 5.69 Å². The number of fused-ring (bicyclic) bond motifs is 1. The van der Waals surface area contributed by atoms with Crippen LogP contribution in [0, 0.1) is 10.1 Å². The molecule has 0 saturated carbocycles. The molecule has 0 aliphatic carbocycles. The number of halogens is 6. The van der Waals surface area contributed by atoms with Crippen molar-refractivity contribution in [2.24, 2.45) is 0 Å². The second-order valence-corrected chi connectivity index (χ2v) is 8.50. The van der Waals surface area contributed by atoms with E-state index in [2.05, 4.69) is 20.0 Å². The molecule has 2 aliphatic rings. The van der Waals surface area contributed by atoms with E-state index in [9.17, 15) is 41.3 Å². The number of non-ortho nitro benzene ring substituents is 1. The van der Waals surface area contributed by atoms with Crippen molar-refractivity contribution in [1.82, 2.24) is 19.8 Å². The van der Waals surface area contributed by atoms with Crippen LogP contribution < -0.4 is 10.1 Å². The lowest BCUT2D eigenvalue weighted by atomic mass is 10.0. The molecule has 2 aromatic rings. The number of hydrogen-bond donors (Lipinski definition) is 1. The fraction of sp³-hybridized carbons (Fsp3) is 0.476. The third-order valence-corrected chi connectivity index (χ3v) is 5.85. The first-order valence-corrected chi connectivity index (χ1v) is 11.1. The first-order valence-electron chi connectivity index (χ1n) is 11.1. The Labute approximate surface area is 210 Å². The fourth-order valence-electron chi connectivity index (χ4n) is 4.03. The summed E-state index contributed by atoms with van der Waals surface area (Å²) in [5.41, 5.74) is -1.98. The van der Waals surface area contributed by atoms with Gasteiger partial charge in [0.2, 0.25) is 0 Å². The number of ether oxygens (including phenoxy) is 2. The molecule has 2 amide bonds. The number of anilines is 1. The lowest BCUT2D eigenvalue weighted by Gasteiger charge is -2.30. The number of rotatable bonds is 5. The standard InChI is InChI=1S/C21H20F6N6O5/c1-11(12-6-13(20(22,23)24)8-14(7-12)33(35)36)28-17-15-9-32(19(34)31-2-4-37-5-3-31)10-16(15)29-18(30-17)38-21(25,26)27/h6-8,11H,2-5,9-10H2,1H3,(H,28,29,30)/t11-/m1/s1. The molecular formula is C21H20F6N6O5. The Bertz CT molecular complexity index is 1230. The summed E-state index contributed by atoms with van der Waals surface area (Å²) in [5, 5.41) is 13.9. The minimum Gasteiger partial charge on any atom is -0.378 e. The first-order chi connectivity index (χ1) is 17.7. The molecule has 0 radical (unpaired) electrons. The van der Waals surface area contributed by atoms with Gasteiger partial charge in [-0.05, 0) is 18.6 Å². The molecular weight excluding hydrogens is 530 g/mol. The van der Waals surface area contributed by atoms with Crippen LogP contribution in [0.5, 0.6) is 6.01 Å².